The van der Waals surface area contributed by atoms with Gasteiger partial charge in [-0.2, -0.15) is 0 Å². The van der Waals surface area contributed by atoms with E-state index in [0.717, 1.165) is 5.39 Å². The van der Waals surface area contributed by atoms with Crippen LogP contribution in [0, 0.1) is 0 Å². The van der Waals surface area contributed by atoms with E-state index in [-0.39, 0.29) is 5.69 Å². The number of carbonyl (C=O) groups excluding carboxylic acids is 2. The Labute approximate surface area is 166 Å². The molecule has 0 saturated carbocycles. The predicted molar refractivity (Wildman–Crippen MR) is 105 cm³/mol. The summed E-state index contributed by atoms with van der Waals surface area (Å²) in [7, 11) is 2.92. The van der Waals surface area contributed by atoms with Crippen molar-refractivity contribution in [3.8, 4) is 11.5 Å². The van der Waals surface area contributed by atoms with E-state index in [0.29, 0.717) is 27.6 Å². The van der Waals surface area contributed by atoms with E-state index >= 15 is 0 Å². The molecule has 144 valence electrons. The quantitative estimate of drug-likeness (QED) is 0.635. The number of ether oxygens (including phenoxy) is 3. The van der Waals surface area contributed by atoms with E-state index in [2.05, 4.69) is 10.3 Å². The second-order valence-electron chi connectivity index (χ2n) is 5.69. The van der Waals surface area contributed by atoms with Gasteiger partial charge in [-0.3, -0.25) is 4.79 Å². The van der Waals surface area contributed by atoms with Crippen molar-refractivity contribution in [1.29, 1.82) is 0 Å². The highest BCUT2D eigenvalue weighted by molar-refractivity contribution is 6.32. The van der Waals surface area contributed by atoms with Gasteiger partial charge in [0.05, 0.1) is 24.9 Å². The number of nitrogens with one attached hydrogen (secondary N) is 1. The molecule has 28 heavy (non-hydrogen) atoms. The lowest BCUT2D eigenvalue weighted by Crippen LogP contribution is -2.21. The van der Waals surface area contributed by atoms with Gasteiger partial charge >= 0.3 is 5.97 Å². The number of hydrogen-bond acceptors (Lipinski definition) is 6. The Bertz CT molecular complexity index is 1030. The molecule has 3 rings (SSSR count). The molecular formula is C20H17ClN2O5. The van der Waals surface area contributed by atoms with Gasteiger partial charge in [-0.1, -0.05) is 35.9 Å². The summed E-state index contributed by atoms with van der Waals surface area (Å²) in [5.74, 6) is -0.471. The lowest BCUT2D eigenvalue weighted by molar-refractivity contribution is -0.119. The lowest BCUT2D eigenvalue weighted by atomic mass is 10.1. The van der Waals surface area contributed by atoms with Crippen LogP contribution in [0.15, 0.2) is 48.7 Å². The maximum atomic E-state index is 12.3. The van der Waals surface area contributed by atoms with Crippen molar-refractivity contribution in [3.63, 3.8) is 0 Å². The van der Waals surface area contributed by atoms with Gasteiger partial charge in [0.25, 0.3) is 5.91 Å². The molecule has 1 N–H and O–H groups in total. The molecule has 1 amide bonds. The zero-order chi connectivity index (χ0) is 20.1. The largest absolute Gasteiger partial charge is 0.495 e. The van der Waals surface area contributed by atoms with Crippen molar-refractivity contribution in [2.24, 2.45) is 0 Å². The van der Waals surface area contributed by atoms with E-state index in [1.165, 1.54) is 26.5 Å². The van der Waals surface area contributed by atoms with Crippen molar-refractivity contribution in [3.05, 3.63) is 59.4 Å². The highest BCUT2D eigenvalue weighted by Gasteiger charge is 2.17. The van der Waals surface area contributed by atoms with Crippen LogP contribution >= 0.6 is 11.6 Å². The number of pyridine rings is 1. The molecule has 0 aliphatic heterocycles. The molecule has 0 bridgehead atoms. The molecule has 2 aromatic carbocycles. The van der Waals surface area contributed by atoms with Crippen LogP contribution in [-0.2, 0) is 9.53 Å². The molecule has 0 saturated heterocycles. The number of nitrogens with zero attached hydrogens (tertiary/aromatic N) is 1. The van der Waals surface area contributed by atoms with E-state index in [1.54, 1.807) is 24.3 Å². The number of amides is 1. The van der Waals surface area contributed by atoms with Crippen molar-refractivity contribution >= 4 is 39.9 Å². The number of halogens is 1. The number of hydrogen-bond donors (Lipinski definition) is 1. The molecule has 1 aromatic heterocycles. The van der Waals surface area contributed by atoms with Crippen LogP contribution < -0.4 is 14.8 Å². The average molecular weight is 401 g/mol. The van der Waals surface area contributed by atoms with Gasteiger partial charge in [-0.05, 0) is 17.5 Å². The minimum Gasteiger partial charge on any atom is -0.495 e. The minimum absolute atomic E-state index is 0.149. The first kappa shape index (κ1) is 19.4. The molecule has 0 aliphatic rings. The van der Waals surface area contributed by atoms with Crippen LogP contribution in [0.3, 0.4) is 0 Å². The summed E-state index contributed by atoms with van der Waals surface area (Å²) in [6, 6.07) is 12.1. The van der Waals surface area contributed by atoms with Crippen LogP contribution in [0.25, 0.3) is 10.8 Å². The highest BCUT2D eigenvalue weighted by Crippen LogP contribution is 2.35. The average Bonchev–Trinajstić information content (AvgIpc) is 2.71. The fourth-order valence-electron chi connectivity index (χ4n) is 2.63. The zero-order valence-corrected chi connectivity index (χ0v) is 15.9. The maximum absolute atomic E-state index is 12.3. The number of fused-ring (bicyclic) bond motifs is 1. The molecule has 8 heteroatoms. The number of rotatable bonds is 6. The summed E-state index contributed by atoms with van der Waals surface area (Å²) in [6.45, 7) is -0.490. The Morgan fingerprint density at radius 1 is 1.07 bits per heavy atom. The monoisotopic (exact) mass is 400 g/mol. The van der Waals surface area contributed by atoms with Gasteiger partial charge in [0.1, 0.15) is 11.5 Å². The Morgan fingerprint density at radius 3 is 2.57 bits per heavy atom. The summed E-state index contributed by atoms with van der Waals surface area (Å²) in [6.07, 6.45) is 1.52. The topological polar surface area (TPSA) is 86.8 Å². The Morgan fingerprint density at radius 2 is 1.82 bits per heavy atom. The number of carbonyl (C=O) groups is 2. The SMILES string of the molecule is COc1cc(OC)c(NC(=O)COC(=O)c2nccc3ccccc23)cc1Cl. The number of anilines is 1. The van der Waals surface area contributed by atoms with E-state index in [4.69, 9.17) is 25.8 Å². The van der Waals surface area contributed by atoms with Crippen LogP contribution in [0.5, 0.6) is 11.5 Å². The van der Waals surface area contributed by atoms with E-state index in [1.807, 2.05) is 12.1 Å². The van der Waals surface area contributed by atoms with Crippen molar-refractivity contribution in [2.75, 3.05) is 26.1 Å². The molecule has 0 aliphatic carbocycles. The molecular weight excluding hydrogens is 384 g/mol. The minimum atomic E-state index is -0.688. The Hall–Kier alpha value is -3.32. The first-order valence-electron chi connectivity index (χ1n) is 8.25. The smallest absolute Gasteiger partial charge is 0.358 e. The third kappa shape index (κ3) is 4.15. The molecule has 0 atom stereocenters. The summed E-state index contributed by atoms with van der Waals surface area (Å²) >= 11 is 6.08. The van der Waals surface area contributed by atoms with Crippen molar-refractivity contribution < 1.29 is 23.8 Å². The summed E-state index contributed by atoms with van der Waals surface area (Å²) in [5, 5.41) is 4.40. The first-order chi connectivity index (χ1) is 13.5. The van der Waals surface area contributed by atoms with Gasteiger partial charge in [0.2, 0.25) is 0 Å². The summed E-state index contributed by atoms with van der Waals surface area (Å²) in [5.41, 5.74) is 0.480. The summed E-state index contributed by atoms with van der Waals surface area (Å²) in [4.78, 5) is 28.6. The molecule has 0 fully saturated rings. The van der Waals surface area contributed by atoms with Gasteiger partial charge in [-0.15, -0.1) is 0 Å². The van der Waals surface area contributed by atoms with Gasteiger partial charge in [0, 0.05) is 17.6 Å². The van der Waals surface area contributed by atoms with Crippen molar-refractivity contribution in [1.82, 2.24) is 4.98 Å². The number of benzene rings is 2. The maximum Gasteiger partial charge on any atom is 0.358 e. The molecule has 1 heterocycles. The normalized spacial score (nSPS) is 10.4. The lowest BCUT2D eigenvalue weighted by Gasteiger charge is -2.13. The first-order valence-corrected chi connectivity index (χ1v) is 8.63. The fraction of sp³-hybridized carbons (Fsp3) is 0.150. The Kier molecular flexibility index (Phi) is 5.96. The zero-order valence-electron chi connectivity index (χ0n) is 15.2. The molecule has 0 radical (unpaired) electrons. The second-order valence-corrected chi connectivity index (χ2v) is 6.10. The number of aromatic nitrogens is 1. The van der Waals surface area contributed by atoms with E-state index < -0.39 is 18.5 Å². The fourth-order valence-corrected chi connectivity index (χ4v) is 2.87. The highest BCUT2D eigenvalue weighted by atomic mass is 35.5. The van der Waals surface area contributed by atoms with Crippen LogP contribution in [0.1, 0.15) is 10.5 Å². The van der Waals surface area contributed by atoms with Crippen LogP contribution in [0.2, 0.25) is 5.02 Å². The third-order valence-electron chi connectivity index (χ3n) is 3.95. The number of methoxy groups -OCH3 is 2. The second kappa shape index (κ2) is 8.58. The van der Waals surface area contributed by atoms with Crippen LogP contribution in [0.4, 0.5) is 5.69 Å². The Balaban J connectivity index is 1.69. The standard InChI is InChI=1S/C20H17ClN2O5/c1-26-16-10-17(27-2)15(9-14(16)21)23-18(24)11-28-20(25)19-13-6-4-3-5-12(13)7-8-22-19/h3-10H,11H2,1-2H3,(H,23,24). The predicted octanol–water partition coefficient (Wildman–Crippen LogP) is 3.70. The van der Waals surface area contributed by atoms with Gasteiger partial charge in [0.15, 0.2) is 12.3 Å². The van der Waals surface area contributed by atoms with Gasteiger partial charge < -0.3 is 19.5 Å². The molecule has 0 unspecified atom stereocenters. The molecule has 0 spiro atoms. The number of esters is 1. The van der Waals surface area contributed by atoms with Gasteiger partial charge in [-0.25, -0.2) is 9.78 Å². The van der Waals surface area contributed by atoms with E-state index in [9.17, 15) is 9.59 Å². The molecule has 3 aromatic rings. The van der Waals surface area contributed by atoms with Crippen molar-refractivity contribution in [2.45, 2.75) is 0 Å². The van der Waals surface area contributed by atoms with Crippen LogP contribution in [-0.4, -0.2) is 37.7 Å². The summed E-state index contributed by atoms with van der Waals surface area (Å²) < 4.78 is 15.4. The molecule has 7 nitrogen and oxygen atoms in total. The third-order valence-corrected chi connectivity index (χ3v) is 4.24.